The van der Waals surface area contributed by atoms with Crippen LogP contribution in [0.4, 0.5) is 19.0 Å². The SMILES string of the molecule is Cc1nc2ccc(N3CCCC3C(F)(F)F)nn2c1C(=O)NC1=CC=CNN1. The van der Waals surface area contributed by atoms with Crippen LogP contribution in [0.2, 0.25) is 0 Å². The van der Waals surface area contributed by atoms with Crippen molar-refractivity contribution in [1.82, 2.24) is 30.8 Å². The Morgan fingerprint density at radius 2 is 2.18 bits per heavy atom. The lowest BCUT2D eigenvalue weighted by Gasteiger charge is -2.27. The van der Waals surface area contributed by atoms with Gasteiger partial charge in [-0.05, 0) is 44.1 Å². The monoisotopic (exact) mass is 393 g/mol. The van der Waals surface area contributed by atoms with Crippen molar-refractivity contribution in [2.75, 3.05) is 11.4 Å². The van der Waals surface area contributed by atoms with E-state index >= 15 is 0 Å². The lowest BCUT2D eigenvalue weighted by atomic mass is 10.2. The van der Waals surface area contributed by atoms with Crippen LogP contribution in [0, 0.1) is 6.92 Å². The fourth-order valence-electron chi connectivity index (χ4n) is 3.44. The van der Waals surface area contributed by atoms with Gasteiger partial charge in [-0.1, -0.05) is 0 Å². The molecule has 0 saturated carbocycles. The smallest absolute Gasteiger partial charge is 0.343 e. The molecule has 0 radical (unpaired) electrons. The number of carbonyl (C=O) groups excluding carboxylic acids is 1. The van der Waals surface area contributed by atoms with Crippen LogP contribution in [0.1, 0.15) is 29.0 Å². The first kappa shape index (κ1) is 18.1. The molecule has 2 aliphatic heterocycles. The molecule has 4 heterocycles. The average Bonchev–Trinajstić information content (AvgIpc) is 3.25. The van der Waals surface area contributed by atoms with Gasteiger partial charge in [0.1, 0.15) is 17.7 Å². The zero-order chi connectivity index (χ0) is 19.9. The number of aromatic nitrogens is 3. The van der Waals surface area contributed by atoms with E-state index in [1.165, 1.54) is 15.5 Å². The summed E-state index contributed by atoms with van der Waals surface area (Å²) >= 11 is 0. The number of nitrogens with one attached hydrogen (secondary N) is 3. The molecule has 11 heteroatoms. The predicted octanol–water partition coefficient (Wildman–Crippen LogP) is 1.76. The third-order valence-electron chi connectivity index (χ3n) is 4.68. The lowest BCUT2D eigenvalue weighted by molar-refractivity contribution is -0.146. The van der Waals surface area contributed by atoms with E-state index in [1.807, 2.05) is 0 Å². The van der Waals surface area contributed by atoms with E-state index in [4.69, 9.17) is 0 Å². The number of rotatable bonds is 3. The molecular weight excluding hydrogens is 375 g/mol. The fraction of sp³-hybridized carbons (Fsp3) is 0.353. The molecule has 1 fully saturated rings. The van der Waals surface area contributed by atoms with Gasteiger partial charge in [0.15, 0.2) is 11.3 Å². The second-order valence-corrected chi connectivity index (χ2v) is 6.56. The topological polar surface area (TPSA) is 86.6 Å². The number of imidazole rings is 1. The largest absolute Gasteiger partial charge is 0.408 e. The van der Waals surface area contributed by atoms with Crippen LogP contribution in [0.15, 0.2) is 36.3 Å². The van der Waals surface area contributed by atoms with E-state index in [9.17, 15) is 18.0 Å². The molecule has 8 nitrogen and oxygen atoms in total. The molecule has 2 aliphatic rings. The molecule has 0 aliphatic carbocycles. The molecule has 0 bridgehead atoms. The normalized spacial score (nSPS) is 19.4. The molecule has 1 amide bonds. The number of hydrazine groups is 1. The van der Waals surface area contributed by atoms with Crippen molar-refractivity contribution in [1.29, 1.82) is 0 Å². The van der Waals surface area contributed by atoms with Crippen LogP contribution < -0.4 is 21.1 Å². The number of nitrogens with zero attached hydrogens (tertiary/aromatic N) is 4. The van der Waals surface area contributed by atoms with Gasteiger partial charge in [-0.2, -0.15) is 13.2 Å². The molecule has 2 aromatic rings. The number of alkyl halides is 3. The van der Waals surface area contributed by atoms with Gasteiger partial charge < -0.3 is 15.6 Å². The van der Waals surface area contributed by atoms with Crippen LogP contribution in [0.5, 0.6) is 0 Å². The maximum atomic E-state index is 13.3. The van der Waals surface area contributed by atoms with Crippen LogP contribution in [-0.2, 0) is 0 Å². The Balaban J connectivity index is 1.69. The highest BCUT2D eigenvalue weighted by molar-refractivity contribution is 5.95. The predicted molar refractivity (Wildman–Crippen MR) is 95.1 cm³/mol. The molecule has 0 spiro atoms. The van der Waals surface area contributed by atoms with Gasteiger partial charge in [0.25, 0.3) is 5.91 Å². The minimum Gasteiger partial charge on any atom is -0.343 e. The van der Waals surface area contributed by atoms with Crippen LogP contribution in [0.3, 0.4) is 0 Å². The zero-order valence-electron chi connectivity index (χ0n) is 14.9. The van der Waals surface area contributed by atoms with Crippen LogP contribution >= 0.6 is 0 Å². The zero-order valence-corrected chi connectivity index (χ0v) is 14.9. The Hall–Kier alpha value is -3.24. The maximum Gasteiger partial charge on any atom is 0.408 e. The summed E-state index contributed by atoms with van der Waals surface area (Å²) in [5, 5.41) is 6.98. The average molecular weight is 393 g/mol. The van der Waals surface area contributed by atoms with Crippen molar-refractivity contribution in [3.63, 3.8) is 0 Å². The highest BCUT2D eigenvalue weighted by Gasteiger charge is 2.46. The minimum atomic E-state index is -4.34. The summed E-state index contributed by atoms with van der Waals surface area (Å²) in [6.45, 7) is 1.91. The first-order chi connectivity index (χ1) is 13.3. The van der Waals surface area contributed by atoms with Gasteiger partial charge in [-0.15, -0.1) is 5.10 Å². The van der Waals surface area contributed by atoms with E-state index in [-0.39, 0.29) is 24.5 Å². The summed E-state index contributed by atoms with van der Waals surface area (Å²) in [5.74, 6) is 0.118. The van der Waals surface area contributed by atoms with Crippen molar-refractivity contribution in [2.45, 2.75) is 32.0 Å². The van der Waals surface area contributed by atoms with Crippen molar-refractivity contribution < 1.29 is 18.0 Å². The number of halogens is 3. The second kappa shape index (κ2) is 6.73. The van der Waals surface area contributed by atoms with Gasteiger partial charge >= 0.3 is 6.18 Å². The third kappa shape index (κ3) is 3.23. The molecule has 4 rings (SSSR count). The first-order valence-electron chi connectivity index (χ1n) is 8.74. The number of anilines is 1. The second-order valence-electron chi connectivity index (χ2n) is 6.56. The summed E-state index contributed by atoms with van der Waals surface area (Å²) in [5.41, 5.74) is 6.48. The Bertz CT molecular complexity index is 979. The molecule has 2 aromatic heterocycles. The standard InChI is InChI=1S/C17H18F3N7O/c1-10-15(16(28)23-12-5-2-8-21-24-12)27-13(22-10)6-7-14(25-27)26-9-3-4-11(26)17(18,19)20/h2,5-8,11,21,24H,3-4,9H2,1H3,(H,23,28). The van der Waals surface area contributed by atoms with Crippen molar-refractivity contribution in [2.24, 2.45) is 0 Å². The molecule has 28 heavy (non-hydrogen) atoms. The third-order valence-corrected chi connectivity index (χ3v) is 4.68. The summed E-state index contributed by atoms with van der Waals surface area (Å²) in [7, 11) is 0. The van der Waals surface area contributed by atoms with Gasteiger partial charge in [0.05, 0.1) is 5.69 Å². The van der Waals surface area contributed by atoms with Gasteiger partial charge in [-0.3, -0.25) is 10.2 Å². The summed E-state index contributed by atoms with van der Waals surface area (Å²) < 4.78 is 41.2. The van der Waals surface area contributed by atoms with E-state index in [0.717, 1.165) is 0 Å². The fourth-order valence-corrected chi connectivity index (χ4v) is 3.44. The van der Waals surface area contributed by atoms with Gasteiger partial charge in [0.2, 0.25) is 0 Å². The number of allylic oxidation sites excluding steroid dienone is 2. The number of hydrogen-bond acceptors (Lipinski definition) is 6. The van der Waals surface area contributed by atoms with Crippen molar-refractivity contribution >= 4 is 17.4 Å². The highest BCUT2D eigenvalue weighted by atomic mass is 19.4. The van der Waals surface area contributed by atoms with Gasteiger partial charge in [0, 0.05) is 12.7 Å². The molecular formula is C17H18F3N7O. The maximum absolute atomic E-state index is 13.3. The molecule has 1 atom stereocenters. The molecule has 3 N–H and O–H groups in total. The van der Waals surface area contributed by atoms with E-state index in [0.29, 0.717) is 23.6 Å². The van der Waals surface area contributed by atoms with E-state index in [1.54, 1.807) is 31.3 Å². The molecule has 1 unspecified atom stereocenters. The van der Waals surface area contributed by atoms with E-state index < -0.39 is 18.1 Å². The van der Waals surface area contributed by atoms with Crippen LogP contribution in [-0.4, -0.2) is 39.3 Å². The van der Waals surface area contributed by atoms with E-state index in [2.05, 4.69) is 26.3 Å². The molecule has 148 valence electrons. The number of aryl methyl sites for hydroxylation is 1. The molecule has 1 saturated heterocycles. The minimum absolute atomic E-state index is 0.0276. The Morgan fingerprint density at radius 1 is 1.36 bits per heavy atom. The van der Waals surface area contributed by atoms with Crippen LogP contribution in [0.25, 0.3) is 5.65 Å². The number of carbonyl (C=O) groups is 1. The molecule has 0 aromatic carbocycles. The first-order valence-corrected chi connectivity index (χ1v) is 8.74. The number of amides is 1. The Morgan fingerprint density at radius 3 is 2.89 bits per heavy atom. The summed E-state index contributed by atoms with van der Waals surface area (Å²) in [6.07, 6.45) is 1.13. The quantitative estimate of drug-likeness (QED) is 0.737. The highest BCUT2D eigenvalue weighted by Crippen LogP contribution is 2.35. The lowest BCUT2D eigenvalue weighted by Crippen LogP contribution is -2.42. The Kier molecular flexibility index (Phi) is 4.36. The summed E-state index contributed by atoms with van der Waals surface area (Å²) in [4.78, 5) is 18.3. The number of fused-ring (bicyclic) bond motifs is 1. The summed E-state index contributed by atoms with van der Waals surface area (Å²) in [6, 6.07) is 1.50. The van der Waals surface area contributed by atoms with Gasteiger partial charge in [-0.25, -0.2) is 9.50 Å². The van der Waals surface area contributed by atoms with Crippen molar-refractivity contribution in [3.8, 4) is 0 Å². The Labute approximate surface area is 158 Å². The number of hydrogen-bond donors (Lipinski definition) is 3. The van der Waals surface area contributed by atoms with Crippen molar-refractivity contribution in [3.05, 3.63) is 47.7 Å².